The molecule has 4 nitrogen and oxygen atoms in total. The maximum Gasteiger partial charge on any atom is 0.251 e. The summed E-state index contributed by atoms with van der Waals surface area (Å²) in [5.41, 5.74) is 2.41. The van der Waals surface area contributed by atoms with Gasteiger partial charge in [-0.3, -0.25) is 4.79 Å². The van der Waals surface area contributed by atoms with Crippen LogP contribution >= 0.6 is 23.2 Å². The van der Waals surface area contributed by atoms with Gasteiger partial charge >= 0.3 is 0 Å². The predicted molar refractivity (Wildman–Crippen MR) is 111 cm³/mol. The van der Waals surface area contributed by atoms with Gasteiger partial charge in [-0.1, -0.05) is 47.5 Å². The average molecular weight is 416 g/mol. The lowest BCUT2D eigenvalue weighted by Crippen LogP contribution is -2.22. The monoisotopic (exact) mass is 415 g/mol. The molecule has 0 saturated heterocycles. The molecule has 0 fully saturated rings. The number of rotatable bonds is 7. The van der Waals surface area contributed by atoms with Gasteiger partial charge in [0.1, 0.15) is 18.1 Å². The lowest BCUT2D eigenvalue weighted by atomic mass is 10.1. The molecule has 1 N–H and O–H groups in total. The van der Waals surface area contributed by atoms with Crippen LogP contribution in [0, 0.1) is 0 Å². The molecule has 0 bridgehead atoms. The third kappa shape index (κ3) is 5.41. The van der Waals surface area contributed by atoms with Crippen LogP contribution in [0.5, 0.6) is 11.5 Å². The highest BCUT2D eigenvalue weighted by atomic mass is 35.5. The second-order valence-electron chi connectivity index (χ2n) is 6.10. The fraction of sp³-hybridized carbons (Fsp3) is 0.136. The first-order valence-corrected chi connectivity index (χ1v) is 9.38. The summed E-state index contributed by atoms with van der Waals surface area (Å²) in [6.45, 7) is 0.755. The van der Waals surface area contributed by atoms with E-state index in [4.69, 9.17) is 32.7 Å². The van der Waals surface area contributed by atoms with Crippen LogP contribution in [0.3, 0.4) is 0 Å². The second kappa shape index (κ2) is 9.49. The highest BCUT2D eigenvalue weighted by molar-refractivity contribution is 6.42. The van der Waals surface area contributed by atoms with E-state index >= 15 is 0 Å². The van der Waals surface area contributed by atoms with E-state index < -0.39 is 0 Å². The largest absolute Gasteiger partial charge is 0.497 e. The summed E-state index contributed by atoms with van der Waals surface area (Å²) in [7, 11) is 1.62. The molecule has 0 unspecified atom stereocenters. The van der Waals surface area contributed by atoms with Gasteiger partial charge < -0.3 is 14.8 Å². The van der Waals surface area contributed by atoms with Crippen LogP contribution < -0.4 is 14.8 Å². The number of halogens is 2. The first-order chi connectivity index (χ1) is 13.5. The van der Waals surface area contributed by atoms with Crippen LogP contribution in [-0.4, -0.2) is 13.0 Å². The van der Waals surface area contributed by atoms with E-state index in [1.54, 1.807) is 43.5 Å². The molecule has 0 aliphatic heterocycles. The number of nitrogens with one attached hydrogen (secondary N) is 1. The van der Waals surface area contributed by atoms with Crippen LogP contribution in [0.2, 0.25) is 10.0 Å². The van der Waals surface area contributed by atoms with Crippen LogP contribution in [0.1, 0.15) is 21.5 Å². The summed E-state index contributed by atoms with van der Waals surface area (Å²) in [6.07, 6.45) is 0. The number of carbonyl (C=O) groups is 1. The van der Waals surface area contributed by atoms with Crippen molar-refractivity contribution in [2.45, 2.75) is 13.2 Å². The smallest absolute Gasteiger partial charge is 0.251 e. The summed E-state index contributed by atoms with van der Waals surface area (Å²) < 4.78 is 10.9. The van der Waals surface area contributed by atoms with Crippen LogP contribution in [0.4, 0.5) is 0 Å². The van der Waals surface area contributed by atoms with Crippen molar-refractivity contribution in [3.8, 4) is 11.5 Å². The normalized spacial score (nSPS) is 10.4. The zero-order valence-electron chi connectivity index (χ0n) is 15.2. The SMILES string of the molecule is COc1ccc(CNC(=O)c2cccc(OCc3ccc(Cl)c(Cl)c3)c2)cc1. The Labute approximate surface area is 174 Å². The molecule has 0 aliphatic carbocycles. The number of hydrogen-bond acceptors (Lipinski definition) is 3. The maximum absolute atomic E-state index is 12.4. The molecule has 6 heteroatoms. The summed E-state index contributed by atoms with van der Waals surface area (Å²) in [4.78, 5) is 12.4. The van der Waals surface area contributed by atoms with Gasteiger partial charge in [0.05, 0.1) is 17.2 Å². The molecule has 0 aromatic heterocycles. The van der Waals surface area contributed by atoms with Gasteiger partial charge in [-0.05, 0) is 53.6 Å². The first kappa shape index (κ1) is 20.1. The van der Waals surface area contributed by atoms with Gasteiger partial charge in [0.2, 0.25) is 0 Å². The standard InChI is InChI=1S/C22H19Cl2NO3/c1-27-18-8-5-15(6-9-18)13-25-22(26)17-3-2-4-19(12-17)28-14-16-7-10-20(23)21(24)11-16/h2-12H,13-14H2,1H3,(H,25,26). The Morgan fingerprint density at radius 1 is 0.893 bits per heavy atom. The lowest BCUT2D eigenvalue weighted by Gasteiger charge is -2.10. The molecule has 0 radical (unpaired) electrons. The van der Waals surface area contributed by atoms with Crippen molar-refractivity contribution in [1.29, 1.82) is 0 Å². The average Bonchev–Trinajstić information content (AvgIpc) is 2.73. The third-order valence-corrected chi connectivity index (χ3v) is 4.84. The third-order valence-electron chi connectivity index (χ3n) is 4.10. The minimum Gasteiger partial charge on any atom is -0.497 e. The Hall–Kier alpha value is -2.69. The van der Waals surface area contributed by atoms with E-state index in [2.05, 4.69) is 5.32 Å². The number of hydrogen-bond donors (Lipinski definition) is 1. The molecule has 0 spiro atoms. The Balaban J connectivity index is 1.58. The zero-order valence-corrected chi connectivity index (χ0v) is 16.8. The van der Waals surface area contributed by atoms with Crippen molar-refractivity contribution in [3.63, 3.8) is 0 Å². The van der Waals surface area contributed by atoms with E-state index in [9.17, 15) is 4.79 Å². The maximum atomic E-state index is 12.4. The molecule has 0 heterocycles. The van der Waals surface area contributed by atoms with E-state index in [-0.39, 0.29) is 5.91 Å². The Bertz CT molecular complexity index is 958. The summed E-state index contributed by atoms with van der Waals surface area (Å²) >= 11 is 11.9. The molecular weight excluding hydrogens is 397 g/mol. The minimum atomic E-state index is -0.171. The number of amides is 1. The van der Waals surface area contributed by atoms with Crippen molar-refractivity contribution in [2.75, 3.05) is 7.11 Å². The molecule has 1 amide bonds. The molecule has 3 rings (SSSR count). The number of benzene rings is 3. The Morgan fingerprint density at radius 3 is 2.36 bits per heavy atom. The number of ether oxygens (including phenoxy) is 2. The highest BCUT2D eigenvalue weighted by Gasteiger charge is 2.07. The van der Waals surface area contributed by atoms with Crippen LogP contribution in [0.25, 0.3) is 0 Å². The molecule has 144 valence electrons. The van der Waals surface area contributed by atoms with Crippen molar-refractivity contribution in [2.24, 2.45) is 0 Å². The molecule has 0 saturated carbocycles. The van der Waals surface area contributed by atoms with Gasteiger partial charge in [0, 0.05) is 12.1 Å². The zero-order chi connectivity index (χ0) is 19.9. The van der Waals surface area contributed by atoms with Gasteiger partial charge in [0.15, 0.2) is 0 Å². The van der Waals surface area contributed by atoms with Gasteiger partial charge in [0.25, 0.3) is 5.91 Å². The van der Waals surface area contributed by atoms with Crippen molar-refractivity contribution in [3.05, 3.63) is 93.5 Å². The van der Waals surface area contributed by atoms with Crippen molar-refractivity contribution < 1.29 is 14.3 Å². The molecule has 3 aromatic carbocycles. The fourth-order valence-electron chi connectivity index (χ4n) is 2.55. The Kier molecular flexibility index (Phi) is 6.80. The molecular formula is C22H19Cl2NO3. The van der Waals surface area contributed by atoms with E-state index in [1.807, 2.05) is 30.3 Å². The van der Waals surface area contributed by atoms with E-state index in [1.165, 1.54) is 0 Å². The number of carbonyl (C=O) groups excluding carboxylic acids is 1. The van der Waals surface area contributed by atoms with Crippen molar-refractivity contribution in [1.82, 2.24) is 5.32 Å². The lowest BCUT2D eigenvalue weighted by molar-refractivity contribution is 0.0950. The second-order valence-corrected chi connectivity index (χ2v) is 6.91. The molecule has 0 aliphatic rings. The van der Waals surface area contributed by atoms with Gasteiger partial charge in [-0.15, -0.1) is 0 Å². The van der Waals surface area contributed by atoms with Crippen molar-refractivity contribution >= 4 is 29.1 Å². The fourth-order valence-corrected chi connectivity index (χ4v) is 2.87. The van der Waals surface area contributed by atoms with E-state index in [0.717, 1.165) is 16.9 Å². The summed E-state index contributed by atoms with van der Waals surface area (Å²) in [5.74, 6) is 1.21. The highest BCUT2D eigenvalue weighted by Crippen LogP contribution is 2.23. The summed E-state index contributed by atoms with van der Waals surface area (Å²) in [6, 6.07) is 19.9. The molecule has 0 atom stereocenters. The topological polar surface area (TPSA) is 47.6 Å². The first-order valence-electron chi connectivity index (χ1n) is 8.63. The molecule has 28 heavy (non-hydrogen) atoms. The van der Waals surface area contributed by atoms with Gasteiger partial charge in [-0.2, -0.15) is 0 Å². The molecule has 3 aromatic rings. The van der Waals surface area contributed by atoms with Crippen LogP contribution in [-0.2, 0) is 13.2 Å². The quantitative estimate of drug-likeness (QED) is 0.553. The number of methoxy groups -OCH3 is 1. The van der Waals surface area contributed by atoms with Crippen LogP contribution in [0.15, 0.2) is 66.7 Å². The Morgan fingerprint density at radius 2 is 1.64 bits per heavy atom. The van der Waals surface area contributed by atoms with Gasteiger partial charge in [-0.25, -0.2) is 0 Å². The summed E-state index contributed by atoms with van der Waals surface area (Å²) in [5, 5.41) is 3.88. The predicted octanol–water partition coefficient (Wildman–Crippen LogP) is 5.51. The minimum absolute atomic E-state index is 0.171. The van der Waals surface area contributed by atoms with E-state index in [0.29, 0.717) is 34.5 Å².